The van der Waals surface area contributed by atoms with E-state index in [-0.39, 0.29) is 5.82 Å². The number of nitrogen functional groups attached to an aromatic ring is 1. The molecular weight excluding hydrogens is 233 g/mol. The van der Waals surface area contributed by atoms with Crippen LogP contribution in [0, 0.1) is 5.82 Å². The molecule has 92 valence electrons. The minimum Gasteiger partial charge on any atom is -0.465 e. The molecule has 2 aromatic rings. The molecule has 0 heterocycles. The van der Waals surface area contributed by atoms with Crippen molar-refractivity contribution in [2.75, 3.05) is 12.8 Å². The predicted octanol–water partition coefficient (Wildman–Crippen LogP) is 2.86. The normalized spacial score (nSPS) is 10.1. The number of carbonyl (C=O) groups excluding carboxylic acids is 1. The van der Waals surface area contributed by atoms with Gasteiger partial charge in [-0.25, -0.2) is 9.18 Å². The molecule has 0 atom stereocenters. The highest BCUT2D eigenvalue weighted by Crippen LogP contribution is 2.26. The van der Waals surface area contributed by atoms with E-state index in [1.807, 2.05) is 0 Å². The van der Waals surface area contributed by atoms with Gasteiger partial charge in [0.2, 0.25) is 0 Å². The van der Waals surface area contributed by atoms with Crippen LogP contribution in [0.3, 0.4) is 0 Å². The van der Waals surface area contributed by atoms with Gasteiger partial charge in [0.05, 0.1) is 12.7 Å². The molecule has 0 aliphatic heterocycles. The van der Waals surface area contributed by atoms with E-state index in [0.717, 1.165) is 0 Å². The van der Waals surface area contributed by atoms with Gasteiger partial charge in [-0.15, -0.1) is 0 Å². The largest absolute Gasteiger partial charge is 0.465 e. The Hall–Kier alpha value is -2.36. The zero-order valence-corrected chi connectivity index (χ0v) is 9.81. The molecule has 2 rings (SSSR count). The van der Waals surface area contributed by atoms with E-state index in [4.69, 9.17) is 5.73 Å². The topological polar surface area (TPSA) is 52.3 Å². The number of carbonyl (C=O) groups is 1. The Kier molecular flexibility index (Phi) is 3.28. The number of benzene rings is 2. The van der Waals surface area contributed by atoms with Crippen molar-refractivity contribution < 1.29 is 13.9 Å². The average molecular weight is 245 g/mol. The average Bonchev–Trinajstić information content (AvgIpc) is 2.37. The molecule has 0 spiro atoms. The summed E-state index contributed by atoms with van der Waals surface area (Å²) in [6.45, 7) is 0. The van der Waals surface area contributed by atoms with E-state index >= 15 is 0 Å². The van der Waals surface area contributed by atoms with Gasteiger partial charge >= 0.3 is 5.97 Å². The molecule has 0 aliphatic carbocycles. The van der Waals surface area contributed by atoms with Crippen molar-refractivity contribution in [3.63, 3.8) is 0 Å². The van der Waals surface area contributed by atoms with Crippen LogP contribution in [0.2, 0.25) is 0 Å². The van der Waals surface area contributed by atoms with Crippen molar-refractivity contribution >= 4 is 11.7 Å². The highest BCUT2D eigenvalue weighted by molar-refractivity contribution is 5.92. The summed E-state index contributed by atoms with van der Waals surface area (Å²) in [7, 11) is 1.29. The summed E-state index contributed by atoms with van der Waals surface area (Å²) in [5, 5.41) is 0. The summed E-state index contributed by atoms with van der Waals surface area (Å²) in [5.74, 6) is -0.862. The van der Waals surface area contributed by atoms with Crippen molar-refractivity contribution in [3.8, 4) is 11.1 Å². The minimum atomic E-state index is -0.500. The number of esters is 1. The molecule has 4 heteroatoms. The van der Waals surface area contributed by atoms with Crippen molar-refractivity contribution in [2.45, 2.75) is 0 Å². The van der Waals surface area contributed by atoms with Crippen LogP contribution < -0.4 is 5.73 Å². The first-order valence-electron chi connectivity index (χ1n) is 5.35. The molecule has 18 heavy (non-hydrogen) atoms. The number of hydrogen-bond donors (Lipinski definition) is 1. The Labute approximate surface area is 104 Å². The summed E-state index contributed by atoms with van der Waals surface area (Å²) in [5.41, 5.74) is 7.34. The van der Waals surface area contributed by atoms with Gasteiger partial charge < -0.3 is 10.5 Å². The van der Waals surface area contributed by atoms with Gasteiger partial charge in [0.15, 0.2) is 0 Å². The predicted molar refractivity (Wildman–Crippen MR) is 67.6 cm³/mol. The number of hydrogen-bond acceptors (Lipinski definition) is 3. The molecule has 0 amide bonds. The second kappa shape index (κ2) is 4.87. The molecule has 0 aromatic heterocycles. The van der Waals surface area contributed by atoms with Crippen LogP contribution in [-0.2, 0) is 4.74 Å². The highest BCUT2D eigenvalue weighted by atomic mass is 19.1. The second-order valence-corrected chi connectivity index (χ2v) is 3.82. The summed E-state index contributed by atoms with van der Waals surface area (Å²) in [6, 6.07) is 11.0. The van der Waals surface area contributed by atoms with Crippen LogP contribution in [-0.4, -0.2) is 13.1 Å². The Morgan fingerprint density at radius 3 is 2.61 bits per heavy atom. The number of methoxy groups -OCH3 is 1. The summed E-state index contributed by atoms with van der Waals surface area (Å²) < 4.78 is 18.3. The van der Waals surface area contributed by atoms with Crippen molar-refractivity contribution in [1.29, 1.82) is 0 Å². The minimum absolute atomic E-state index is 0.302. The highest BCUT2D eigenvalue weighted by Gasteiger charge is 2.11. The van der Waals surface area contributed by atoms with E-state index in [1.165, 1.54) is 19.2 Å². The smallest absolute Gasteiger partial charge is 0.337 e. The lowest BCUT2D eigenvalue weighted by Gasteiger charge is -2.07. The number of rotatable bonds is 2. The quantitative estimate of drug-likeness (QED) is 0.653. The van der Waals surface area contributed by atoms with E-state index in [9.17, 15) is 9.18 Å². The Morgan fingerprint density at radius 1 is 1.22 bits per heavy atom. The lowest BCUT2D eigenvalue weighted by atomic mass is 10.0. The van der Waals surface area contributed by atoms with Crippen LogP contribution >= 0.6 is 0 Å². The van der Waals surface area contributed by atoms with Crippen LogP contribution in [0.15, 0.2) is 42.5 Å². The van der Waals surface area contributed by atoms with Gasteiger partial charge in [0.25, 0.3) is 0 Å². The van der Waals surface area contributed by atoms with Crippen LogP contribution in [0.25, 0.3) is 11.1 Å². The second-order valence-electron chi connectivity index (χ2n) is 3.82. The molecule has 0 unspecified atom stereocenters. The Bertz CT molecular complexity index is 596. The third-order valence-electron chi connectivity index (χ3n) is 2.56. The molecule has 0 aliphatic rings. The lowest BCUT2D eigenvalue weighted by Crippen LogP contribution is -2.02. The number of anilines is 1. The lowest BCUT2D eigenvalue weighted by molar-refractivity contribution is 0.0601. The first-order chi connectivity index (χ1) is 8.61. The summed E-state index contributed by atoms with van der Waals surface area (Å²) in [6.07, 6.45) is 0. The number of ether oxygens (including phenoxy) is 1. The number of nitrogens with two attached hydrogens (primary N) is 1. The Morgan fingerprint density at radius 2 is 1.94 bits per heavy atom. The van der Waals surface area contributed by atoms with Crippen LogP contribution in [0.1, 0.15) is 10.4 Å². The number of halogens is 1. The SMILES string of the molecule is COC(=O)c1cc(N)cc(-c2ccccc2F)c1. The summed E-state index contributed by atoms with van der Waals surface area (Å²) >= 11 is 0. The fraction of sp³-hybridized carbons (Fsp3) is 0.0714. The first kappa shape index (κ1) is 12.1. The molecule has 0 radical (unpaired) electrons. The Balaban J connectivity index is 2.55. The molecule has 0 bridgehead atoms. The third kappa shape index (κ3) is 2.32. The maximum absolute atomic E-state index is 13.7. The molecule has 3 nitrogen and oxygen atoms in total. The van der Waals surface area contributed by atoms with Crippen molar-refractivity contribution in [2.24, 2.45) is 0 Å². The fourth-order valence-corrected chi connectivity index (χ4v) is 1.74. The van der Waals surface area contributed by atoms with Gasteiger partial charge in [-0.2, -0.15) is 0 Å². The molecule has 0 saturated heterocycles. The first-order valence-corrected chi connectivity index (χ1v) is 5.35. The third-order valence-corrected chi connectivity index (χ3v) is 2.56. The van der Waals surface area contributed by atoms with Gasteiger partial charge in [-0.3, -0.25) is 0 Å². The molecule has 0 fully saturated rings. The molecule has 2 N–H and O–H groups in total. The van der Waals surface area contributed by atoms with E-state index < -0.39 is 5.97 Å². The van der Waals surface area contributed by atoms with Crippen molar-refractivity contribution in [3.05, 3.63) is 53.8 Å². The summed E-state index contributed by atoms with van der Waals surface area (Å²) in [4.78, 5) is 11.5. The maximum atomic E-state index is 13.7. The van der Waals surface area contributed by atoms with Crippen LogP contribution in [0.5, 0.6) is 0 Å². The monoisotopic (exact) mass is 245 g/mol. The van der Waals surface area contributed by atoms with Crippen LogP contribution in [0.4, 0.5) is 10.1 Å². The standard InChI is InChI=1S/C14H12FNO2/c1-18-14(17)10-6-9(7-11(16)8-10)12-4-2-3-5-13(12)15/h2-8H,16H2,1H3. The maximum Gasteiger partial charge on any atom is 0.337 e. The zero-order valence-electron chi connectivity index (χ0n) is 9.81. The van der Waals surface area contributed by atoms with E-state index in [2.05, 4.69) is 4.74 Å². The van der Waals surface area contributed by atoms with Crippen molar-refractivity contribution in [1.82, 2.24) is 0 Å². The van der Waals surface area contributed by atoms with Gasteiger partial charge in [-0.1, -0.05) is 18.2 Å². The molecule has 0 saturated carbocycles. The van der Waals surface area contributed by atoms with Gasteiger partial charge in [0, 0.05) is 11.3 Å². The van der Waals surface area contributed by atoms with Gasteiger partial charge in [-0.05, 0) is 29.8 Å². The van der Waals surface area contributed by atoms with Gasteiger partial charge in [0.1, 0.15) is 5.82 Å². The van der Waals surface area contributed by atoms with E-state index in [0.29, 0.717) is 22.4 Å². The fourth-order valence-electron chi connectivity index (χ4n) is 1.74. The van der Waals surface area contributed by atoms with E-state index in [1.54, 1.807) is 30.3 Å². The zero-order chi connectivity index (χ0) is 13.1. The molecule has 2 aromatic carbocycles. The molecular formula is C14H12FNO2.